The third-order valence-electron chi connectivity index (χ3n) is 2.90. The van der Waals surface area contributed by atoms with Crippen LogP contribution in [0.5, 0.6) is 5.75 Å². The maximum atomic E-state index is 5.49. The lowest BCUT2D eigenvalue weighted by atomic mass is 10.1. The van der Waals surface area contributed by atoms with Crippen molar-refractivity contribution in [1.29, 1.82) is 0 Å². The monoisotopic (exact) mass is 219 g/mol. The SMILES string of the molecule is CC(C)CNCCc1ccc2c(c1)CCO2. The molecule has 0 unspecified atom stereocenters. The van der Waals surface area contributed by atoms with Crippen LogP contribution in [-0.4, -0.2) is 19.7 Å². The fourth-order valence-corrected chi connectivity index (χ4v) is 2.02. The van der Waals surface area contributed by atoms with Crippen LogP contribution in [-0.2, 0) is 12.8 Å². The summed E-state index contributed by atoms with van der Waals surface area (Å²) in [6, 6.07) is 6.58. The van der Waals surface area contributed by atoms with Crippen molar-refractivity contribution in [1.82, 2.24) is 5.32 Å². The summed E-state index contributed by atoms with van der Waals surface area (Å²) in [5.41, 5.74) is 2.79. The van der Waals surface area contributed by atoms with Crippen LogP contribution < -0.4 is 10.1 Å². The first kappa shape index (κ1) is 11.5. The zero-order valence-corrected chi connectivity index (χ0v) is 10.3. The van der Waals surface area contributed by atoms with Gasteiger partial charge in [0, 0.05) is 6.42 Å². The highest BCUT2D eigenvalue weighted by molar-refractivity contribution is 5.39. The third kappa shape index (κ3) is 2.99. The first-order chi connectivity index (χ1) is 7.75. The van der Waals surface area contributed by atoms with E-state index in [-0.39, 0.29) is 0 Å². The lowest BCUT2D eigenvalue weighted by Gasteiger charge is -2.08. The molecule has 2 heteroatoms. The molecule has 0 saturated carbocycles. The van der Waals surface area contributed by atoms with Gasteiger partial charge in [0.1, 0.15) is 5.75 Å². The van der Waals surface area contributed by atoms with Crippen LogP contribution in [0, 0.1) is 5.92 Å². The molecule has 0 amide bonds. The number of rotatable bonds is 5. The van der Waals surface area contributed by atoms with Crippen molar-refractivity contribution in [2.75, 3.05) is 19.7 Å². The Labute approximate surface area is 98.0 Å². The van der Waals surface area contributed by atoms with Gasteiger partial charge in [-0.15, -0.1) is 0 Å². The normalized spacial score (nSPS) is 13.9. The van der Waals surface area contributed by atoms with Gasteiger partial charge in [0.15, 0.2) is 0 Å². The average molecular weight is 219 g/mol. The number of fused-ring (bicyclic) bond motifs is 1. The van der Waals surface area contributed by atoms with E-state index in [1.165, 1.54) is 11.1 Å². The van der Waals surface area contributed by atoms with E-state index in [0.717, 1.165) is 44.2 Å². The molecule has 0 fully saturated rings. The zero-order chi connectivity index (χ0) is 11.4. The molecular formula is C14H21NO. The minimum atomic E-state index is 0.730. The van der Waals surface area contributed by atoms with E-state index in [0.29, 0.717) is 0 Å². The molecule has 1 N–H and O–H groups in total. The molecule has 88 valence electrons. The predicted octanol–water partition coefficient (Wildman–Crippen LogP) is 2.41. The van der Waals surface area contributed by atoms with Crippen molar-refractivity contribution in [3.05, 3.63) is 29.3 Å². The van der Waals surface area contributed by atoms with Gasteiger partial charge in [0.25, 0.3) is 0 Å². The van der Waals surface area contributed by atoms with Crippen molar-refractivity contribution in [2.45, 2.75) is 26.7 Å². The van der Waals surface area contributed by atoms with Crippen molar-refractivity contribution in [3.63, 3.8) is 0 Å². The van der Waals surface area contributed by atoms with Gasteiger partial charge in [-0.05, 0) is 42.6 Å². The minimum absolute atomic E-state index is 0.730. The van der Waals surface area contributed by atoms with Crippen LogP contribution >= 0.6 is 0 Å². The fourth-order valence-electron chi connectivity index (χ4n) is 2.02. The van der Waals surface area contributed by atoms with Crippen LogP contribution in [0.2, 0.25) is 0 Å². The zero-order valence-electron chi connectivity index (χ0n) is 10.3. The predicted molar refractivity (Wildman–Crippen MR) is 67.1 cm³/mol. The van der Waals surface area contributed by atoms with E-state index in [4.69, 9.17) is 4.74 Å². The summed E-state index contributed by atoms with van der Waals surface area (Å²) in [4.78, 5) is 0. The Balaban J connectivity index is 1.81. The van der Waals surface area contributed by atoms with Crippen LogP contribution in [0.4, 0.5) is 0 Å². The van der Waals surface area contributed by atoms with Crippen LogP contribution in [0.25, 0.3) is 0 Å². The Morgan fingerprint density at radius 1 is 1.38 bits per heavy atom. The second kappa shape index (κ2) is 5.35. The van der Waals surface area contributed by atoms with E-state index in [9.17, 15) is 0 Å². The number of benzene rings is 1. The third-order valence-corrected chi connectivity index (χ3v) is 2.90. The Morgan fingerprint density at radius 3 is 3.06 bits per heavy atom. The maximum absolute atomic E-state index is 5.49. The molecule has 0 radical (unpaired) electrons. The van der Waals surface area contributed by atoms with Gasteiger partial charge in [0.05, 0.1) is 6.61 Å². The molecule has 1 aliphatic heterocycles. The first-order valence-electron chi connectivity index (χ1n) is 6.21. The Hall–Kier alpha value is -1.02. The molecule has 0 aromatic heterocycles. The summed E-state index contributed by atoms with van der Waals surface area (Å²) >= 11 is 0. The maximum Gasteiger partial charge on any atom is 0.122 e. The standard InChI is InChI=1S/C14H21NO/c1-11(2)10-15-7-5-12-3-4-14-13(9-12)6-8-16-14/h3-4,9,11,15H,5-8,10H2,1-2H3. The number of nitrogens with one attached hydrogen (secondary N) is 1. The van der Waals surface area contributed by atoms with Gasteiger partial charge in [-0.3, -0.25) is 0 Å². The molecule has 1 heterocycles. The smallest absolute Gasteiger partial charge is 0.122 e. The molecule has 0 saturated heterocycles. The van der Waals surface area contributed by atoms with Gasteiger partial charge in [0.2, 0.25) is 0 Å². The summed E-state index contributed by atoms with van der Waals surface area (Å²) in [5.74, 6) is 1.81. The molecule has 0 spiro atoms. The van der Waals surface area contributed by atoms with E-state index in [1.807, 2.05) is 0 Å². The molecule has 1 aliphatic rings. The van der Waals surface area contributed by atoms with Crippen LogP contribution in [0.15, 0.2) is 18.2 Å². The molecular weight excluding hydrogens is 198 g/mol. The molecule has 2 rings (SSSR count). The fraction of sp³-hybridized carbons (Fsp3) is 0.571. The molecule has 0 bridgehead atoms. The largest absolute Gasteiger partial charge is 0.493 e. The Bertz CT molecular complexity index is 347. The van der Waals surface area contributed by atoms with Crippen molar-refractivity contribution < 1.29 is 4.74 Å². The van der Waals surface area contributed by atoms with Crippen LogP contribution in [0.1, 0.15) is 25.0 Å². The summed E-state index contributed by atoms with van der Waals surface area (Å²) in [6.07, 6.45) is 2.18. The average Bonchev–Trinajstić information content (AvgIpc) is 2.71. The lowest BCUT2D eigenvalue weighted by Crippen LogP contribution is -2.22. The summed E-state index contributed by atoms with van der Waals surface area (Å²) in [6.45, 7) is 7.50. The van der Waals surface area contributed by atoms with Crippen molar-refractivity contribution in [3.8, 4) is 5.75 Å². The van der Waals surface area contributed by atoms with Gasteiger partial charge in [-0.25, -0.2) is 0 Å². The molecule has 0 atom stereocenters. The molecule has 0 aliphatic carbocycles. The second-order valence-electron chi connectivity index (χ2n) is 4.89. The van der Waals surface area contributed by atoms with Crippen LogP contribution in [0.3, 0.4) is 0 Å². The van der Waals surface area contributed by atoms with Crippen molar-refractivity contribution in [2.24, 2.45) is 5.92 Å². The highest BCUT2D eigenvalue weighted by Crippen LogP contribution is 2.25. The summed E-state index contributed by atoms with van der Waals surface area (Å²) in [7, 11) is 0. The molecule has 1 aromatic rings. The Morgan fingerprint density at radius 2 is 2.25 bits per heavy atom. The van der Waals surface area contributed by atoms with Gasteiger partial charge in [-0.1, -0.05) is 26.0 Å². The topological polar surface area (TPSA) is 21.3 Å². The number of hydrogen-bond donors (Lipinski definition) is 1. The molecule has 16 heavy (non-hydrogen) atoms. The molecule has 2 nitrogen and oxygen atoms in total. The highest BCUT2D eigenvalue weighted by atomic mass is 16.5. The van der Waals surface area contributed by atoms with Gasteiger partial charge < -0.3 is 10.1 Å². The van der Waals surface area contributed by atoms with E-state index >= 15 is 0 Å². The first-order valence-corrected chi connectivity index (χ1v) is 6.21. The number of hydrogen-bond acceptors (Lipinski definition) is 2. The Kier molecular flexibility index (Phi) is 3.83. The minimum Gasteiger partial charge on any atom is -0.493 e. The summed E-state index contributed by atoms with van der Waals surface area (Å²) in [5, 5.41) is 3.47. The van der Waals surface area contributed by atoms with Crippen molar-refractivity contribution >= 4 is 0 Å². The summed E-state index contributed by atoms with van der Waals surface area (Å²) < 4.78 is 5.49. The van der Waals surface area contributed by atoms with E-state index in [1.54, 1.807) is 0 Å². The van der Waals surface area contributed by atoms with Gasteiger partial charge >= 0.3 is 0 Å². The van der Waals surface area contributed by atoms with E-state index in [2.05, 4.69) is 37.4 Å². The van der Waals surface area contributed by atoms with E-state index < -0.39 is 0 Å². The molecule has 1 aromatic carbocycles. The van der Waals surface area contributed by atoms with Gasteiger partial charge in [-0.2, -0.15) is 0 Å². The number of ether oxygens (including phenoxy) is 1. The quantitative estimate of drug-likeness (QED) is 0.768. The highest BCUT2D eigenvalue weighted by Gasteiger charge is 2.11. The second-order valence-corrected chi connectivity index (χ2v) is 4.89. The lowest BCUT2D eigenvalue weighted by molar-refractivity contribution is 0.357.